The lowest BCUT2D eigenvalue weighted by atomic mass is 9.76. The molecule has 2 aliphatic rings. The normalized spacial score (nSPS) is 23.9. The Morgan fingerprint density at radius 3 is 2.81 bits per heavy atom. The molecule has 6 nitrogen and oxygen atoms in total. The summed E-state index contributed by atoms with van der Waals surface area (Å²) in [4.78, 5) is 16.9. The first-order valence-corrected chi connectivity index (χ1v) is 9.23. The number of hydrogen-bond acceptors (Lipinski definition) is 4. The Labute approximate surface area is 155 Å². The van der Waals surface area contributed by atoms with Crippen molar-refractivity contribution < 1.29 is 4.39 Å². The lowest BCUT2D eigenvalue weighted by molar-refractivity contribution is 0.328. The van der Waals surface area contributed by atoms with Crippen molar-refractivity contribution in [3.8, 4) is 0 Å². The highest BCUT2D eigenvalue weighted by Crippen LogP contribution is 2.46. The van der Waals surface area contributed by atoms with Crippen LogP contribution >= 0.6 is 0 Å². The van der Waals surface area contributed by atoms with Gasteiger partial charge in [-0.25, -0.2) is 14.5 Å². The summed E-state index contributed by atoms with van der Waals surface area (Å²) >= 11 is 0. The smallest absolute Gasteiger partial charge is 0.267 e. The number of aromatic nitrogens is 4. The van der Waals surface area contributed by atoms with Crippen molar-refractivity contribution in [3.05, 3.63) is 81.0 Å². The maximum Gasteiger partial charge on any atom is 0.267 e. The second kappa shape index (κ2) is 6.13. The van der Waals surface area contributed by atoms with Gasteiger partial charge in [-0.1, -0.05) is 12.1 Å². The lowest BCUT2D eigenvalue weighted by Gasteiger charge is -2.40. The molecule has 0 spiro atoms. The Balaban J connectivity index is 1.74. The average molecular weight is 365 g/mol. The van der Waals surface area contributed by atoms with Crippen molar-refractivity contribution in [1.82, 2.24) is 25.1 Å². The fourth-order valence-electron chi connectivity index (χ4n) is 4.56. The van der Waals surface area contributed by atoms with Gasteiger partial charge in [0.15, 0.2) is 0 Å². The predicted octanol–water partition coefficient (Wildman–Crippen LogP) is 2.50. The molecular weight excluding hydrogens is 345 g/mol. The van der Waals surface area contributed by atoms with Gasteiger partial charge in [0.05, 0.1) is 11.6 Å². The maximum atomic E-state index is 13.5. The topological polar surface area (TPSA) is 75.6 Å². The summed E-state index contributed by atoms with van der Waals surface area (Å²) in [5, 5.41) is 10.9. The molecule has 27 heavy (non-hydrogen) atoms. The number of nitrogens with one attached hydrogen (secondary N) is 2. The molecule has 3 unspecified atom stereocenters. The molecule has 7 heteroatoms. The zero-order valence-electron chi connectivity index (χ0n) is 14.9. The van der Waals surface area contributed by atoms with Crippen LogP contribution in [0.2, 0.25) is 0 Å². The van der Waals surface area contributed by atoms with Crippen LogP contribution in [0.15, 0.2) is 41.5 Å². The van der Waals surface area contributed by atoms with Crippen LogP contribution in [0, 0.1) is 5.82 Å². The minimum atomic E-state index is -0.258. The molecule has 138 valence electrons. The molecule has 1 aromatic carbocycles. The third kappa shape index (κ3) is 2.53. The number of imidazole rings is 1. The molecule has 0 fully saturated rings. The van der Waals surface area contributed by atoms with E-state index in [1.165, 1.54) is 12.1 Å². The second-order valence-electron chi connectivity index (χ2n) is 7.34. The highest BCUT2D eigenvalue weighted by atomic mass is 19.1. The largest absolute Gasteiger partial charge is 0.337 e. The van der Waals surface area contributed by atoms with Crippen LogP contribution in [0.3, 0.4) is 0 Å². The van der Waals surface area contributed by atoms with Gasteiger partial charge in [-0.3, -0.25) is 4.79 Å². The van der Waals surface area contributed by atoms with Gasteiger partial charge in [0.25, 0.3) is 5.56 Å². The molecular formula is C20H20FN5O. The van der Waals surface area contributed by atoms with Gasteiger partial charge in [-0.05, 0) is 37.0 Å². The average Bonchev–Trinajstić information content (AvgIpc) is 3.10. The maximum absolute atomic E-state index is 13.5. The number of H-pyrrole nitrogens is 1. The molecule has 2 N–H and O–H groups in total. The number of rotatable bonds is 2. The molecule has 0 saturated heterocycles. The van der Waals surface area contributed by atoms with Crippen LogP contribution in [-0.2, 0) is 13.5 Å². The van der Waals surface area contributed by atoms with Gasteiger partial charge in [0, 0.05) is 42.7 Å². The lowest BCUT2D eigenvalue weighted by Crippen LogP contribution is -2.42. The zero-order valence-corrected chi connectivity index (χ0v) is 14.9. The Morgan fingerprint density at radius 1 is 1.26 bits per heavy atom. The molecule has 0 bridgehead atoms. The van der Waals surface area contributed by atoms with Crippen molar-refractivity contribution in [3.63, 3.8) is 0 Å². The molecule has 3 heterocycles. The molecule has 0 saturated carbocycles. The number of hydrogen-bond donors (Lipinski definition) is 2. The SMILES string of the molecule is Cn1ccnc1C1c2n[nH]c(=O)c3c2C(CCC3)NC1c1ccc(F)cc1. The van der Waals surface area contributed by atoms with Crippen LogP contribution in [0.4, 0.5) is 4.39 Å². The van der Waals surface area contributed by atoms with Crippen LogP contribution < -0.4 is 10.9 Å². The van der Waals surface area contributed by atoms with Crippen molar-refractivity contribution in [2.75, 3.05) is 0 Å². The molecule has 2 aromatic heterocycles. The number of benzene rings is 1. The zero-order chi connectivity index (χ0) is 18.5. The minimum absolute atomic E-state index is 0.0742. The second-order valence-corrected chi connectivity index (χ2v) is 7.34. The van der Waals surface area contributed by atoms with E-state index in [1.54, 1.807) is 6.20 Å². The van der Waals surface area contributed by atoms with Crippen LogP contribution in [0.5, 0.6) is 0 Å². The van der Waals surface area contributed by atoms with Gasteiger partial charge in [0.2, 0.25) is 0 Å². The summed E-state index contributed by atoms with van der Waals surface area (Å²) in [5.74, 6) is 0.434. The summed E-state index contributed by atoms with van der Waals surface area (Å²) in [6.07, 6.45) is 6.35. The van der Waals surface area contributed by atoms with Crippen molar-refractivity contribution >= 4 is 0 Å². The number of halogens is 1. The first-order chi connectivity index (χ1) is 13.1. The van der Waals surface area contributed by atoms with E-state index in [0.29, 0.717) is 0 Å². The van der Waals surface area contributed by atoms with E-state index in [0.717, 1.165) is 47.5 Å². The van der Waals surface area contributed by atoms with Gasteiger partial charge in [0.1, 0.15) is 11.6 Å². The first-order valence-electron chi connectivity index (χ1n) is 9.23. The Bertz CT molecular complexity index is 1050. The standard InChI is InChI=1S/C20H20FN5O/c1-26-10-9-22-19(26)16-17(11-5-7-12(21)8-6-11)23-14-4-2-3-13-15(14)18(16)24-25-20(13)27/h5-10,14,16-17,23H,2-4H2,1H3,(H,25,27). The van der Waals surface area contributed by atoms with E-state index in [4.69, 9.17) is 0 Å². The van der Waals surface area contributed by atoms with Crippen LogP contribution in [-0.4, -0.2) is 19.7 Å². The Kier molecular flexibility index (Phi) is 3.72. The summed E-state index contributed by atoms with van der Waals surface area (Å²) < 4.78 is 15.5. The molecule has 1 aliphatic heterocycles. The minimum Gasteiger partial charge on any atom is -0.337 e. The van der Waals surface area contributed by atoms with Gasteiger partial charge < -0.3 is 9.88 Å². The van der Waals surface area contributed by atoms with Crippen LogP contribution in [0.25, 0.3) is 0 Å². The van der Waals surface area contributed by atoms with Gasteiger partial charge in [-0.2, -0.15) is 5.10 Å². The predicted molar refractivity (Wildman–Crippen MR) is 97.9 cm³/mol. The first kappa shape index (κ1) is 16.4. The van der Waals surface area contributed by atoms with E-state index >= 15 is 0 Å². The molecule has 0 radical (unpaired) electrons. The van der Waals surface area contributed by atoms with E-state index in [-0.39, 0.29) is 29.4 Å². The monoisotopic (exact) mass is 365 g/mol. The quantitative estimate of drug-likeness (QED) is 0.732. The highest BCUT2D eigenvalue weighted by molar-refractivity contribution is 5.43. The van der Waals surface area contributed by atoms with Crippen molar-refractivity contribution in [2.45, 2.75) is 37.3 Å². The van der Waals surface area contributed by atoms with Gasteiger partial charge >= 0.3 is 0 Å². The summed E-state index contributed by atoms with van der Waals surface area (Å²) in [5.41, 5.74) is 3.61. The van der Waals surface area contributed by atoms with E-state index in [9.17, 15) is 9.18 Å². The summed E-state index contributed by atoms with van der Waals surface area (Å²) in [6, 6.07) is 6.55. The molecule has 0 amide bonds. The Hall–Kier alpha value is -2.80. The number of aryl methyl sites for hydroxylation is 1. The number of nitrogens with zero attached hydrogens (tertiary/aromatic N) is 3. The third-order valence-corrected chi connectivity index (χ3v) is 5.80. The fourth-order valence-corrected chi connectivity index (χ4v) is 4.56. The van der Waals surface area contributed by atoms with Crippen molar-refractivity contribution in [2.24, 2.45) is 7.05 Å². The molecule has 1 aliphatic carbocycles. The fraction of sp³-hybridized carbons (Fsp3) is 0.350. The van der Waals surface area contributed by atoms with Crippen molar-refractivity contribution in [1.29, 1.82) is 0 Å². The summed E-state index contributed by atoms with van der Waals surface area (Å²) in [7, 11) is 1.95. The van der Waals surface area contributed by atoms with Crippen LogP contribution in [0.1, 0.15) is 59.1 Å². The third-order valence-electron chi connectivity index (χ3n) is 5.80. The highest BCUT2D eigenvalue weighted by Gasteiger charge is 2.42. The number of aromatic amines is 1. The van der Waals surface area contributed by atoms with E-state index in [1.807, 2.05) is 29.9 Å². The summed E-state index contributed by atoms with van der Waals surface area (Å²) in [6.45, 7) is 0. The molecule has 5 rings (SSSR count). The van der Waals surface area contributed by atoms with E-state index in [2.05, 4.69) is 20.5 Å². The molecule has 3 atom stereocenters. The Morgan fingerprint density at radius 2 is 2.07 bits per heavy atom. The molecule has 3 aromatic rings. The van der Waals surface area contributed by atoms with E-state index < -0.39 is 0 Å². The van der Waals surface area contributed by atoms with Gasteiger partial charge in [-0.15, -0.1) is 0 Å².